The lowest BCUT2D eigenvalue weighted by Crippen LogP contribution is -2.44. The third kappa shape index (κ3) is 3.52. The zero-order chi connectivity index (χ0) is 22.5. The summed E-state index contributed by atoms with van der Waals surface area (Å²) in [6, 6.07) is 8.14. The van der Waals surface area contributed by atoms with E-state index in [1.807, 2.05) is 12.1 Å². The van der Waals surface area contributed by atoms with Crippen LogP contribution in [0.3, 0.4) is 0 Å². The van der Waals surface area contributed by atoms with Crippen LogP contribution in [0.25, 0.3) is 16.7 Å². The van der Waals surface area contributed by atoms with E-state index in [2.05, 4.69) is 39.3 Å². The summed E-state index contributed by atoms with van der Waals surface area (Å²) in [5.41, 5.74) is 0.741. The Hall–Kier alpha value is -3.79. The molecule has 3 N–H and O–H groups in total. The Bertz CT molecular complexity index is 1320. The van der Waals surface area contributed by atoms with Gasteiger partial charge in [-0.25, -0.2) is 19.6 Å². The maximum Gasteiger partial charge on any atom is 0.162 e. The molecular weight excluding hydrogens is 418 g/mol. The Balaban J connectivity index is 1.49. The molecule has 1 aromatic carbocycles. The van der Waals surface area contributed by atoms with Gasteiger partial charge in [0.05, 0.1) is 11.7 Å². The van der Waals surface area contributed by atoms with Crippen LogP contribution in [0.15, 0.2) is 42.9 Å². The number of hydrogen-bond acceptors (Lipinski definition) is 9. The van der Waals surface area contributed by atoms with Crippen molar-refractivity contribution in [1.29, 1.82) is 0 Å². The number of benzene rings is 1. The van der Waals surface area contributed by atoms with Crippen LogP contribution in [0.1, 0.15) is 32.0 Å². The van der Waals surface area contributed by atoms with E-state index in [9.17, 15) is 5.11 Å². The number of phenols is 1. The molecule has 2 aliphatic heterocycles. The molecule has 0 radical (unpaired) electrons. The first-order valence-corrected chi connectivity index (χ1v) is 11.2. The lowest BCUT2D eigenvalue weighted by atomic mass is 10.2. The number of aromatic hydroxyl groups is 1. The first-order chi connectivity index (χ1) is 16.0. The quantitative estimate of drug-likeness (QED) is 0.428. The number of hydrogen-bond donors (Lipinski definition) is 3. The average Bonchev–Trinajstić information content (AvgIpc) is 3.54. The molecule has 0 unspecified atom stereocenters. The van der Waals surface area contributed by atoms with Crippen molar-refractivity contribution in [3.63, 3.8) is 0 Å². The van der Waals surface area contributed by atoms with Crippen LogP contribution in [-0.2, 0) is 0 Å². The van der Waals surface area contributed by atoms with Gasteiger partial charge in [0, 0.05) is 61.0 Å². The predicted molar refractivity (Wildman–Crippen MR) is 125 cm³/mol. The van der Waals surface area contributed by atoms with E-state index in [4.69, 9.17) is 15.1 Å². The summed E-state index contributed by atoms with van der Waals surface area (Å²) in [4.78, 5) is 20.5. The lowest BCUT2D eigenvalue weighted by molar-refractivity contribution is 0.476. The Morgan fingerprint density at radius 2 is 2.03 bits per heavy atom. The molecule has 10 nitrogen and oxygen atoms in total. The maximum absolute atomic E-state index is 10.2. The Kier molecular flexibility index (Phi) is 4.61. The number of nitrogens with one attached hydrogen (secondary N) is 2. The highest BCUT2D eigenvalue weighted by Crippen LogP contribution is 2.33. The summed E-state index contributed by atoms with van der Waals surface area (Å²) in [5.74, 6) is 3.88. The molecule has 2 saturated heterocycles. The predicted octanol–water partition coefficient (Wildman–Crippen LogP) is 2.73. The third-order valence-electron chi connectivity index (χ3n) is 6.27. The zero-order valence-corrected chi connectivity index (χ0v) is 18.5. The summed E-state index contributed by atoms with van der Waals surface area (Å²) in [5, 5.41) is 22.7. The zero-order valence-electron chi connectivity index (χ0n) is 18.5. The van der Waals surface area contributed by atoms with Gasteiger partial charge in [-0.2, -0.15) is 0 Å². The number of fused-ring (bicyclic) bond motifs is 3. The molecule has 6 rings (SSSR count). The van der Waals surface area contributed by atoms with Crippen LogP contribution in [0.2, 0.25) is 0 Å². The van der Waals surface area contributed by atoms with Gasteiger partial charge in [-0.05, 0) is 18.6 Å². The van der Waals surface area contributed by atoms with Gasteiger partial charge in [0.2, 0.25) is 0 Å². The number of nitrogens with zero attached hydrogens (tertiary/aromatic N) is 7. The molecule has 0 amide bonds. The SMILES string of the molecule is CC(C)c1nc(N2C[C@@H]3C[C@H]2CN3)cc(-n2nc(Nc3cnccn3)c3ccc(O)cc32)n1. The molecule has 3 aromatic heterocycles. The summed E-state index contributed by atoms with van der Waals surface area (Å²) in [7, 11) is 0. The standard InChI is InChI=1S/C23H25N9O/c1-13(2)22-28-20(31-12-14-7-15(31)10-26-14)9-21(29-22)32-18-8-16(33)3-4-17(18)23(30-32)27-19-11-24-5-6-25-19/h3-6,8-9,11,13-15,26,33H,7,10,12H2,1-2H3,(H,25,27,30)/t14-,15-/m0/s1. The van der Waals surface area contributed by atoms with E-state index >= 15 is 0 Å². The summed E-state index contributed by atoms with van der Waals surface area (Å²) in [6.07, 6.45) is 6.02. The van der Waals surface area contributed by atoms with Crippen molar-refractivity contribution < 1.29 is 5.11 Å². The van der Waals surface area contributed by atoms with E-state index in [0.717, 1.165) is 42.1 Å². The molecule has 168 valence electrons. The van der Waals surface area contributed by atoms with Gasteiger partial charge in [0.15, 0.2) is 11.6 Å². The topological polar surface area (TPSA) is 117 Å². The minimum Gasteiger partial charge on any atom is -0.508 e. The molecule has 2 atom stereocenters. The molecule has 10 heteroatoms. The van der Waals surface area contributed by atoms with Gasteiger partial charge in [-0.1, -0.05) is 13.8 Å². The largest absolute Gasteiger partial charge is 0.508 e. The van der Waals surface area contributed by atoms with Gasteiger partial charge >= 0.3 is 0 Å². The number of aromatic nitrogens is 6. The van der Waals surface area contributed by atoms with Crippen LogP contribution < -0.4 is 15.5 Å². The number of piperazine rings is 1. The number of anilines is 3. The average molecular weight is 444 g/mol. The van der Waals surface area contributed by atoms with E-state index in [0.29, 0.717) is 29.5 Å². The monoisotopic (exact) mass is 443 g/mol. The molecule has 0 aliphatic carbocycles. The van der Waals surface area contributed by atoms with Crippen molar-refractivity contribution >= 4 is 28.4 Å². The van der Waals surface area contributed by atoms with Crippen molar-refractivity contribution in [3.8, 4) is 11.6 Å². The smallest absolute Gasteiger partial charge is 0.162 e. The highest BCUT2D eigenvalue weighted by molar-refractivity contribution is 5.93. The van der Waals surface area contributed by atoms with E-state index in [1.54, 1.807) is 35.4 Å². The number of rotatable bonds is 5. The third-order valence-corrected chi connectivity index (χ3v) is 6.27. The molecule has 0 spiro atoms. The Morgan fingerprint density at radius 1 is 1.15 bits per heavy atom. The Labute approximate surface area is 190 Å². The molecule has 5 heterocycles. The minimum absolute atomic E-state index is 0.161. The van der Waals surface area contributed by atoms with Crippen molar-refractivity contribution in [3.05, 3.63) is 48.7 Å². The van der Waals surface area contributed by atoms with E-state index < -0.39 is 0 Å². The second kappa shape index (κ2) is 7.66. The fourth-order valence-electron chi connectivity index (χ4n) is 4.65. The minimum atomic E-state index is 0.161. The van der Waals surface area contributed by atoms with Crippen LogP contribution in [0, 0.1) is 0 Å². The highest BCUT2D eigenvalue weighted by Gasteiger charge is 2.38. The fourth-order valence-corrected chi connectivity index (χ4v) is 4.65. The normalized spacial score (nSPS) is 19.7. The molecule has 0 saturated carbocycles. The second-order valence-corrected chi connectivity index (χ2v) is 8.92. The van der Waals surface area contributed by atoms with Gasteiger partial charge < -0.3 is 20.6 Å². The molecule has 33 heavy (non-hydrogen) atoms. The van der Waals surface area contributed by atoms with Crippen molar-refractivity contribution in [1.82, 2.24) is 35.0 Å². The van der Waals surface area contributed by atoms with Crippen LogP contribution in [0.5, 0.6) is 5.75 Å². The van der Waals surface area contributed by atoms with Crippen LogP contribution in [0.4, 0.5) is 17.5 Å². The highest BCUT2D eigenvalue weighted by atomic mass is 16.3. The fraction of sp³-hybridized carbons (Fsp3) is 0.348. The van der Waals surface area contributed by atoms with E-state index in [1.165, 1.54) is 0 Å². The van der Waals surface area contributed by atoms with Gasteiger partial charge in [-0.3, -0.25) is 4.98 Å². The Morgan fingerprint density at radius 3 is 2.76 bits per heavy atom. The molecule has 4 aromatic rings. The first kappa shape index (κ1) is 19.9. The summed E-state index contributed by atoms with van der Waals surface area (Å²) >= 11 is 0. The second-order valence-electron chi connectivity index (χ2n) is 8.92. The van der Waals surface area contributed by atoms with Crippen LogP contribution in [-0.4, -0.2) is 60.0 Å². The van der Waals surface area contributed by atoms with E-state index in [-0.39, 0.29) is 11.7 Å². The summed E-state index contributed by atoms with van der Waals surface area (Å²) in [6.45, 7) is 6.11. The van der Waals surface area contributed by atoms with Crippen molar-refractivity contribution in [2.45, 2.75) is 38.3 Å². The maximum atomic E-state index is 10.2. The van der Waals surface area contributed by atoms with Gasteiger partial charge in [0.25, 0.3) is 0 Å². The van der Waals surface area contributed by atoms with Gasteiger partial charge in [-0.15, -0.1) is 5.10 Å². The summed E-state index contributed by atoms with van der Waals surface area (Å²) < 4.78 is 1.76. The van der Waals surface area contributed by atoms with Gasteiger partial charge in [0.1, 0.15) is 23.2 Å². The van der Waals surface area contributed by atoms with Crippen LogP contribution >= 0.6 is 0 Å². The molecular formula is C23H25N9O. The van der Waals surface area contributed by atoms with Crippen molar-refractivity contribution in [2.24, 2.45) is 0 Å². The first-order valence-electron chi connectivity index (χ1n) is 11.2. The number of phenolic OH excluding ortho intramolecular Hbond substituents is 1. The molecule has 2 bridgehead atoms. The lowest BCUT2D eigenvalue weighted by Gasteiger charge is -2.29. The molecule has 2 aliphatic rings. The van der Waals surface area contributed by atoms with Crippen molar-refractivity contribution in [2.75, 3.05) is 23.3 Å². The molecule has 2 fully saturated rings.